The highest BCUT2D eigenvalue weighted by Gasteiger charge is 2.60. The van der Waals surface area contributed by atoms with Crippen LogP contribution >= 0.6 is 0 Å². The Hall–Kier alpha value is -0.330. The Morgan fingerprint density at radius 2 is 1.62 bits per heavy atom. The van der Waals surface area contributed by atoms with Gasteiger partial charge >= 0.3 is 10.1 Å². The average molecular weight is 260 g/mol. The Kier molecular flexibility index (Phi) is 3.57. The Bertz CT molecular complexity index is 353. The third kappa shape index (κ3) is 1.83. The predicted molar refractivity (Wildman–Crippen MR) is 46.5 cm³/mol. The molecule has 6 N–H and O–H groups in total. The van der Waals surface area contributed by atoms with E-state index in [4.69, 9.17) is 19.9 Å². The van der Waals surface area contributed by atoms with E-state index in [-0.39, 0.29) is 0 Å². The maximum atomic E-state index is 11.0. The molecule has 96 valence electrons. The molecule has 10 heteroatoms. The van der Waals surface area contributed by atoms with Gasteiger partial charge in [0.15, 0.2) is 6.29 Å². The molecule has 9 nitrogen and oxygen atoms in total. The predicted octanol–water partition coefficient (Wildman–Crippen LogP) is -4.01. The van der Waals surface area contributed by atoms with Crippen molar-refractivity contribution in [2.24, 2.45) is 0 Å². The zero-order valence-corrected chi connectivity index (χ0v) is 8.65. The van der Waals surface area contributed by atoms with Crippen LogP contribution in [-0.4, -0.2) is 74.6 Å². The molecule has 0 saturated carbocycles. The molecule has 0 aromatic heterocycles. The molecule has 1 fully saturated rings. The zero-order chi connectivity index (χ0) is 12.7. The highest BCUT2D eigenvalue weighted by atomic mass is 32.2. The van der Waals surface area contributed by atoms with Crippen molar-refractivity contribution in [3.8, 4) is 0 Å². The first-order valence-electron chi connectivity index (χ1n) is 4.15. The van der Waals surface area contributed by atoms with Crippen LogP contribution in [0.4, 0.5) is 0 Å². The largest absolute Gasteiger partial charge is 0.392 e. The highest BCUT2D eigenvalue weighted by Crippen LogP contribution is 2.32. The molecular weight excluding hydrogens is 248 g/mol. The SMILES string of the molecule is O=S(=O)(O)[C@]1(CO)O[C@@H](O)[C@H](O)[C@@H](O)[C@@H]1O. The van der Waals surface area contributed by atoms with E-state index in [1.165, 1.54) is 0 Å². The van der Waals surface area contributed by atoms with Crippen LogP contribution in [0, 0.1) is 0 Å². The van der Waals surface area contributed by atoms with Crippen LogP contribution in [0.1, 0.15) is 0 Å². The second-order valence-corrected chi connectivity index (χ2v) is 5.02. The molecule has 1 aliphatic rings. The van der Waals surface area contributed by atoms with Crippen molar-refractivity contribution in [1.29, 1.82) is 0 Å². The maximum Gasteiger partial charge on any atom is 0.300 e. The minimum Gasteiger partial charge on any atom is -0.392 e. The number of hydrogen-bond acceptors (Lipinski definition) is 8. The summed E-state index contributed by atoms with van der Waals surface area (Å²) >= 11 is 0. The van der Waals surface area contributed by atoms with Crippen molar-refractivity contribution in [3.05, 3.63) is 0 Å². The van der Waals surface area contributed by atoms with E-state index in [1.807, 2.05) is 0 Å². The lowest BCUT2D eigenvalue weighted by atomic mass is 9.99. The summed E-state index contributed by atoms with van der Waals surface area (Å²) in [4.78, 5) is -2.98. The lowest BCUT2D eigenvalue weighted by Gasteiger charge is -2.43. The molecule has 1 aliphatic heterocycles. The Labute approximate surface area is 90.3 Å². The summed E-state index contributed by atoms with van der Waals surface area (Å²) in [5, 5.41) is 45.6. The first-order valence-corrected chi connectivity index (χ1v) is 5.59. The third-order valence-corrected chi connectivity index (χ3v) is 3.73. The summed E-state index contributed by atoms with van der Waals surface area (Å²) in [6.45, 7) is -1.41. The van der Waals surface area contributed by atoms with Crippen molar-refractivity contribution in [2.45, 2.75) is 29.5 Å². The fourth-order valence-corrected chi connectivity index (χ4v) is 2.21. The van der Waals surface area contributed by atoms with Crippen LogP contribution in [0.15, 0.2) is 0 Å². The van der Waals surface area contributed by atoms with Gasteiger partial charge in [0.05, 0.1) is 6.61 Å². The van der Waals surface area contributed by atoms with E-state index in [0.717, 1.165) is 0 Å². The van der Waals surface area contributed by atoms with Gasteiger partial charge in [-0.1, -0.05) is 0 Å². The molecule has 5 atom stereocenters. The molecule has 0 spiro atoms. The molecule has 0 bridgehead atoms. The summed E-state index contributed by atoms with van der Waals surface area (Å²) in [7, 11) is -5.13. The zero-order valence-electron chi connectivity index (χ0n) is 7.83. The van der Waals surface area contributed by atoms with Gasteiger partial charge in [-0.05, 0) is 0 Å². The van der Waals surface area contributed by atoms with Crippen LogP contribution in [0.5, 0.6) is 0 Å². The van der Waals surface area contributed by atoms with Crippen LogP contribution in [0.25, 0.3) is 0 Å². The van der Waals surface area contributed by atoms with Gasteiger partial charge < -0.3 is 30.3 Å². The van der Waals surface area contributed by atoms with E-state index in [1.54, 1.807) is 0 Å². The number of aliphatic hydroxyl groups excluding tert-OH is 5. The van der Waals surface area contributed by atoms with Gasteiger partial charge in [0.1, 0.15) is 18.3 Å². The van der Waals surface area contributed by atoms with E-state index in [2.05, 4.69) is 4.74 Å². The normalized spacial score (nSPS) is 45.6. The third-order valence-electron chi connectivity index (χ3n) is 2.39. The first-order chi connectivity index (χ1) is 7.17. The van der Waals surface area contributed by atoms with Gasteiger partial charge in [0.2, 0.25) is 4.93 Å². The highest BCUT2D eigenvalue weighted by molar-refractivity contribution is 7.87. The molecule has 0 aromatic carbocycles. The Morgan fingerprint density at radius 1 is 1.12 bits per heavy atom. The molecular formula is C6H12O9S. The van der Waals surface area contributed by atoms with E-state index >= 15 is 0 Å². The lowest BCUT2D eigenvalue weighted by Crippen LogP contribution is -2.68. The summed E-state index contributed by atoms with van der Waals surface area (Å²) in [5.41, 5.74) is 0. The van der Waals surface area contributed by atoms with Crippen LogP contribution in [0.2, 0.25) is 0 Å². The average Bonchev–Trinajstić information content (AvgIpc) is 2.18. The van der Waals surface area contributed by atoms with Crippen molar-refractivity contribution in [3.63, 3.8) is 0 Å². The van der Waals surface area contributed by atoms with Gasteiger partial charge in [0.25, 0.3) is 0 Å². The smallest absolute Gasteiger partial charge is 0.300 e. The molecule has 0 radical (unpaired) electrons. The van der Waals surface area contributed by atoms with Crippen LogP contribution in [0.3, 0.4) is 0 Å². The molecule has 0 unspecified atom stereocenters. The Balaban J connectivity index is 3.22. The minimum atomic E-state index is -5.13. The molecule has 0 amide bonds. The van der Waals surface area contributed by atoms with E-state index < -0.39 is 46.3 Å². The quantitative estimate of drug-likeness (QED) is 0.271. The molecule has 16 heavy (non-hydrogen) atoms. The van der Waals surface area contributed by atoms with Gasteiger partial charge in [-0.25, -0.2) is 0 Å². The topological polar surface area (TPSA) is 165 Å². The second kappa shape index (κ2) is 4.16. The molecule has 1 saturated heterocycles. The molecule has 0 aliphatic carbocycles. The van der Waals surface area contributed by atoms with Crippen molar-refractivity contribution in [1.82, 2.24) is 0 Å². The van der Waals surface area contributed by atoms with Crippen LogP contribution < -0.4 is 0 Å². The van der Waals surface area contributed by atoms with E-state index in [0.29, 0.717) is 0 Å². The van der Waals surface area contributed by atoms with Gasteiger partial charge in [0, 0.05) is 0 Å². The van der Waals surface area contributed by atoms with Crippen molar-refractivity contribution < 1.29 is 43.2 Å². The van der Waals surface area contributed by atoms with Crippen LogP contribution in [-0.2, 0) is 14.9 Å². The first kappa shape index (κ1) is 13.7. The molecule has 0 aromatic rings. The monoisotopic (exact) mass is 260 g/mol. The summed E-state index contributed by atoms with van der Waals surface area (Å²) in [5.74, 6) is 0. The molecule has 1 heterocycles. The number of hydrogen-bond donors (Lipinski definition) is 6. The second-order valence-electron chi connectivity index (χ2n) is 3.38. The number of rotatable bonds is 2. The van der Waals surface area contributed by atoms with Gasteiger partial charge in [-0.15, -0.1) is 0 Å². The lowest BCUT2D eigenvalue weighted by molar-refractivity contribution is -0.302. The van der Waals surface area contributed by atoms with Gasteiger partial charge in [-0.3, -0.25) is 4.55 Å². The number of ether oxygens (including phenoxy) is 1. The van der Waals surface area contributed by atoms with Crippen molar-refractivity contribution >= 4 is 10.1 Å². The fourth-order valence-electron chi connectivity index (χ4n) is 1.39. The maximum absolute atomic E-state index is 11.0. The fraction of sp³-hybridized carbons (Fsp3) is 1.00. The summed E-state index contributed by atoms with van der Waals surface area (Å²) in [6, 6.07) is 0. The Morgan fingerprint density at radius 3 is 2.00 bits per heavy atom. The van der Waals surface area contributed by atoms with E-state index in [9.17, 15) is 18.6 Å². The standard InChI is InChI=1S/C6H12O9S/c7-1-6(16(12,13)14)4(10)2(8)3(9)5(11)15-6/h2-5,7-11H,1H2,(H,12,13,14)/t2-,3-,4+,5-,6+/m1/s1. The molecule has 1 rings (SSSR count). The van der Waals surface area contributed by atoms with Crippen molar-refractivity contribution in [2.75, 3.05) is 6.61 Å². The summed E-state index contributed by atoms with van der Waals surface area (Å²) in [6.07, 6.45) is -8.55. The summed E-state index contributed by atoms with van der Waals surface area (Å²) < 4.78 is 35.0. The number of aliphatic hydroxyl groups is 5. The van der Waals surface area contributed by atoms with Gasteiger partial charge in [-0.2, -0.15) is 8.42 Å². The minimum absolute atomic E-state index is 1.41.